The summed E-state index contributed by atoms with van der Waals surface area (Å²) >= 11 is 0. The van der Waals surface area contributed by atoms with Crippen LogP contribution in [-0.2, 0) is 11.2 Å². The molecule has 0 saturated carbocycles. The van der Waals surface area contributed by atoms with E-state index in [4.69, 9.17) is 4.74 Å². The fourth-order valence-electron chi connectivity index (χ4n) is 2.89. The summed E-state index contributed by atoms with van der Waals surface area (Å²) in [5, 5.41) is 5.93. The van der Waals surface area contributed by atoms with E-state index in [1.807, 2.05) is 24.3 Å². The summed E-state index contributed by atoms with van der Waals surface area (Å²) in [5.74, 6) is 1.17. The van der Waals surface area contributed by atoms with E-state index in [-0.39, 0.29) is 5.91 Å². The van der Waals surface area contributed by atoms with E-state index < -0.39 is 0 Å². The number of benzene rings is 2. The summed E-state index contributed by atoms with van der Waals surface area (Å²) in [6, 6.07) is 17.7. The van der Waals surface area contributed by atoms with Crippen molar-refractivity contribution in [2.45, 2.75) is 19.1 Å². The van der Waals surface area contributed by atoms with Crippen LogP contribution in [0.2, 0.25) is 0 Å². The summed E-state index contributed by atoms with van der Waals surface area (Å²) in [4.78, 5) is 19.2. The van der Waals surface area contributed by atoms with Crippen molar-refractivity contribution in [3.8, 4) is 11.6 Å². The first kappa shape index (κ1) is 21.2. The molecule has 0 saturated heterocycles. The standard InChI is InChI=1S/C22H24B2N4O2/c1-14(11-16-3-5-17(6-4-16)22(23)24)27-18-7-9-19(10-8-18)30-21-12-20(25-13-26-21)28-15(2)29/h3-10,12-13,22,27H,1,11,23-24H2,2H3,(H,25,26,28,29). The Kier molecular flexibility index (Phi) is 6.91. The van der Waals surface area contributed by atoms with E-state index in [0.29, 0.717) is 23.2 Å². The molecule has 150 valence electrons. The molecule has 3 rings (SSSR count). The average molecular weight is 398 g/mol. The number of hydrogen-bond acceptors (Lipinski definition) is 5. The molecule has 1 aromatic heterocycles. The molecular weight excluding hydrogens is 374 g/mol. The molecule has 8 heteroatoms. The van der Waals surface area contributed by atoms with Crippen LogP contribution in [0.15, 0.2) is 73.2 Å². The maximum atomic E-state index is 11.1. The number of ether oxygens (including phenoxy) is 1. The minimum Gasteiger partial charge on any atom is -0.439 e. The molecule has 0 unspecified atom stereocenters. The van der Waals surface area contributed by atoms with Gasteiger partial charge in [-0.15, -0.1) is 0 Å². The third-order valence-corrected chi connectivity index (χ3v) is 4.41. The summed E-state index contributed by atoms with van der Waals surface area (Å²) in [6.45, 7) is 5.55. The van der Waals surface area contributed by atoms with Crippen molar-refractivity contribution in [2.24, 2.45) is 0 Å². The molecule has 30 heavy (non-hydrogen) atoms. The molecule has 3 aromatic rings. The number of allylic oxidation sites excluding steroid dienone is 1. The topological polar surface area (TPSA) is 76.1 Å². The number of nitrogens with one attached hydrogen (secondary N) is 2. The molecule has 0 aliphatic rings. The van der Waals surface area contributed by atoms with E-state index in [9.17, 15) is 4.79 Å². The highest BCUT2D eigenvalue weighted by Crippen LogP contribution is 2.23. The normalized spacial score (nSPS) is 10.5. The van der Waals surface area contributed by atoms with Gasteiger partial charge in [-0.1, -0.05) is 42.1 Å². The highest BCUT2D eigenvalue weighted by Gasteiger charge is 2.05. The zero-order valence-corrected chi connectivity index (χ0v) is 17.5. The molecule has 2 N–H and O–H groups in total. The second kappa shape index (κ2) is 9.78. The lowest BCUT2D eigenvalue weighted by molar-refractivity contribution is -0.114. The van der Waals surface area contributed by atoms with Crippen molar-refractivity contribution in [3.05, 3.63) is 84.3 Å². The highest BCUT2D eigenvalue weighted by atomic mass is 16.5. The molecule has 2 aromatic carbocycles. The number of carbonyl (C=O) groups is 1. The third-order valence-electron chi connectivity index (χ3n) is 4.41. The fraction of sp³-hybridized carbons (Fsp3) is 0.136. The van der Waals surface area contributed by atoms with Gasteiger partial charge in [0.1, 0.15) is 33.6 Å². The molecule has 0 radical (unpaired) electrons. The van der Waals surface area contributed by atoms with Crippen molar-refractivity contribution < 1.29 is 9.53 Å². The van der Waals surface area contributed by atoms with Crippen LogP contribution in [-0.4, -0.2) is 31.6 Å². The number of aromatic nitrogens is 2. The van der Waals surface area contributed by atoms with E-state index in [0.717, 1.165) is 17.8 Å². The fourth-order valence-corrected chi connectivity index (χ4v) is 2.89. The Morgan fingerprint density at radius 1 is 1.07 bits per heavy atom. The minimum absolute atomic E-state index is 0.203. The van der Waals surface area contributed by atoms with Crippen molar-refractivity contribution >= 4 is 33.1 Å². The summed E-state index contributed by atoms with van der Waals surface area (Å²) in [5.41, 5.74) is 4.92. The van der Waals surface area contributed by atoms with Gasteiger partial charge in [-0.2, -0.15) is 0 Å². The Morgan fingerprint density at radius 3 is 2.40 bits per heavy atom. The summed E-state index contributed by atoms with van der Waals surface area (Å²) < 4.78 is 5.73. The van der Waals surface area contributed by atoms with Crippen molar-refractivity contribution in [1.82, 2.24) is 9.97 Å². The molecule has 0 spiro atoms. The van der Waals surface area contributed by atoms with Gasteiger partial charge >= 0.3 is 0 Å². The number of carbonyl (C=O) groups excluding carboxylic acids is 1. The SMILES string of the molecule is BC(B)c1ccc(CC(=C)Nc2ccc(Oc3cc(NC(C)=O)ncn3)cc2)cc1. The van der Waals surface area contributed by atoms with E-state index in [2.05, 4.69) is 67.1 Å². The Balaban J connectivity index is 1.56. The van der Waals surface area contributed by atoms with Gasteiger partial charge in [-0.05, 0) is 29.8 Å². The highest BCUT2D eigenvalue weighted by molar-refractivity contribution is 6.35. The van der Waals surface area contributed by atoms with Crippen LogP contribution in [0.5, 0.6) is 11.6 Å². The van der Waals surface area contributed by atoms with Crippen LogP contribution in [0.25, 0.3) is 0 Å². The van der Waals surface area contributed by atoms with Gasteiger partial charge in [-0.3, -0.25) is 4.79 Å². The molecular formula is C22H24B2N4O2. The molecule has 1 heterocycles. The molecule has 1 amide bonds. The number of anilines is 2. The predicted octanol–water partition coefficient (Wildman–Crippen LogP) is 2.66. The van der Waals surface area contributed by atoms with Gasteiger partial charge in [0.15, 0.2) is 0 Å². The maximum absolute atomic E-state index is 11.1. The van der Waals surface area contributed by atoms with Crippen LogP contribution >= 0.6 is 0 Å². The van der Waals surface area contributed by atoms with Gasteiger partial charge < -0.3 is 15.4 Å². The van der Waals surface area contributed by atoms with Gasteiger partial charge in [0.05, 0.1) is 0 Å². The second-order valence-electron chi connectivity index (χ2n) is 7.35. The lowest BCUT2D eigenvalue weighted by Gasteiger charge is -2.12. The van der Waals surface area contributed by atoms with E-state index in [1.54, 1.807) is 6.07 Å². The number of rotatable bonds is 8. The number of amides is 1. The van der Waals surface area contributed by atoms with Crippen LogP contribution in [0.1, 0.15) is 23.8 Å². The van der Waals surface area contributed by atoms with E-state index in [1.165, 1.54) is 24.4 Å². The lowest BCUT2D eigenvalue weighted by Crippen LogP contribution is -2.07. The van der Waals surface area contributed by atoms with Gasteiger partial charge in [0.2, 0.25) is 11.8 Å². The zero-order valence-electron chi connectivity index (χ0n) is 17.5. The monoisotopic (exact) mass is 398 g/mol. The first-order valence-electron chi connectivity index (χ1n) is 9.80. The van der Waals surface area contributed by atoms with Crippen molar-refractivity contribution in [3.63, 3.8) is 0 Å². The molecule has 6 nitrogen and oxygen atoms in total. The first-order valence-corrected chi connectivity index (χ1v) is 9.80. The van der Waals surface area contributed by atoms with Crippen LogP contribution in [0.3, 0.4) is 0 Å². The van der Waals surface area contributed by atoms with Gasteiger partial charge in [0.25, 0.3) is 0 Å². The van der Waals surface area contributed by atoms with Gasteiger partial charge in [0, 0.05) is 30.8 Å². The summed E-state index contributed by atoms with van der Waals surface area (Å²) in [6.07, 6.45) is 2.09. The lowest BCUT2D eigenvalue weighted by atomic mass is 9.67. The molecule has 0 bridgehead atoms. The van der Waals surface area contributed by atoms with Crippen molar-refractivity contribution in [2.75, 3.05) is 10.6 Å². The number of hydrogen-bond donors (Lipinski definition) is 2. The Labute approximate surface area is 178 Å². The first-order chi connectivity index (χ1) is 14.4. The molecule has 0 aliphatic carbocycles. The van der Waals surface area contributed by atoms with Crippen LogP contribution in [0.4, 0.5) is 11.5 Å². The smallest absolute Gasteiger partial charge is 0.224 e. The van der Waals surface area contributed by atoms with E-state index >= 15 is 0 Å². The zero-order chi connectivity index (χ0) is 21.5. The minimum atomic E-state index is -0.203. The average Bonchev–Trinajstić information content (AvgIpc) is 2.69. The quantitative estimate of drug-likeness (QED) is 0.571. The Hall–Kier alpha value is -3.54. The molecule has 0 atom stereocenters. The molecule has 0 fully saturated rings. The largest absolute Gasteiger partial charge is 0.439 e. The Morgan fingerprint density at radius 2 is 1.77 bits per heavy atom. The Bertz CT molecular complexity index is 1020. The second-order valence-corrected chi connectivity index (χ2v) is 7.35. The van der Waals surface area contributed by atoms with Crippen molar-refractivity contribution in [1.29, 1.82) is 0 Å². The number of nitrogens with zero attached hydrogens (tertiary/aromatic N) is 2. The maximum Gasteiger partial charge on any atom is 0.224 e. The van der Waals surface area contributed by atoms with Gasteiger partial charge in [-0.25, -0.2) is 9.97 Å². The predicted molar refractivity (Wildman–Crippen MR) is 126 cm³/mol. The summed E-state index contributed by atoms with van der Waals surface area (Å²) in [7, 11) is 4.38. The third kappa shape index (κ3) is 6.24. The molecule has 0 aliphatic heterocycles. The van der Waals surface area contributed by atoms with Crippen LogP contribution in [0, 0.1) is 0 Å². The van der Waals surface area contributed by atoms with Crippen LogP contribution < -0.4 is 15.4 Å².